The standard InChI is InChI=1S/C26H34ClN3O2/c27-24-8-6-23(7-9-24)26(32)13-18-30(19-14-26)25(31)28-15-10-21-11-16-29(17-12-21)20-22-4-2-1-3-5-22/h1-9,21,32H,10-20H2,(H,28,31). The van der Waals surface area contributed by atoms with E-state index in [2.05, 4.69) is 40.5 Å². The number of carbonyl (C=O) groups excluding carboxylic acids is 1. The van der Waals surface area contributed by atoms with Gasteiger partial charge in [0.15, 0.2) is 0 Å². The lowest BCUT2D eigenvalue weighted by atomic mass is 9.84. The zero-order chi connectivity index (χ0) is 22.4. The van der Waals surface area contributed by atoms with Crippen molar-refractivity contribution in [3.63, 3.8) is 0 Å². The minimum absolute atomic E-state index is 0.00957. The topological polar surface area (TPSA) is 55.8 Å². The molecule has 0 bridgehead atoms. The summed E-state index contributed by atoms with van der Waals surface area (Å²) in [5, 5.41) is 14.8. The second kappa shape index (κ2) is 10.7. The third-order valence-electron chi connectivity index (χ3n) is 7.04. The summed E-state index contributed by atoms with van der Waals surface area (Å²) in [4.78, 5) is 16.9. The Morgan fingerprint density at radius 1 is 1.00 bits per heavy atom. The highest BCUT2D eigenvalue weighted by atomic mass is 35.5. The first-order valence-electron chi connectivity index (χ1n) is 11.8. The smallest absolute Gasteiger partial charge is 0.317 e. The SMILES string of the molecule is O=C(NCCC1CCN(Cc2ccccc2)CC1)N1CCC(O)(c2ccc(Cl)cc2)CC1. The molecule has 2 aromatic carbocycles. The van der Waals surface area contributed by atoms with Crippen LogP contribution in [0.3, 0.4) is 0 Å². The summed E-state index contributed by atoms with van der Waals surface area (Å²) in [5.74, 6) is 0.679. The van der Waals surface area contributed by atoms with Crippen molar-refractivity contribution in [1.29, 1.82) is 0 Å². The molecule has 4 rings (SSSR count). The van der Waals surface area contributed by atoms with E-state index in [0.29, 0.717) is 36.9 Å². The molecule has 2 amide bonds. The number of likely N-dealkylation sites (tertiary alicyclic amines) is 2. The molecule has 0 aromatic heterocycles. The molecule has 5 nitrogen and oxygen atoms in total. The summed E-state index contributed by atoms with van der Waals surface area (Å²) in [6.45, 7) is 5.12. The zero-order valence-corrected chi connectivity index (χ0v) is 19.4. The summed E-state index contributed by atoms with van der Waals surface area (Å²) < 4.78 is 0. The van der Waals surface area contributed by atoms with Gasteiger partial charge in [-0.05, 0) is 74.4 Å². The summed E-state index contributed by atoms with van der Waals surface area (Å²) >= 11 is 5.96. The Bertz CT molecular complexity index is 858. The third kappa shape index (κ3) is 6.03. The number of aliphatic hydroxyl groups is 1. The summed E-state index contributed by atoms with van der Waals surface area (Å²) in [7, 11) is 0. The van der Waals surface area contributed by atoms with Crippen molar-refractivity contribution >= 4 is 17.6 Å². The Kier molecular flexibility index (Phi) is 7.71. The molecule has 2 aliphatic rings. The van der Waals surface area contributed by atoms with Gasteiger partial charge in [-0.1, -0.05) is 54.1 Å². The molecule has 2 N–H and O–H groups in total. The van der Waals surface area contributed by atoms with Gasteiger partial charge in [-0.2, -0.15) is 0 Å². The minimum Gasteiger partial charge on any atom is -0.385 e. The number of nitrogens with zero attached hydrogens (tertiary/aromatic N) is 2. The molecule has 6 heteroatoms. The van der Waals surface area contributed by atoms with Crippen LogP contribution in [0.1, 0.15) is 43.2 Å². The molecule has 0 saturated carbocycles. The zero-order valence-electron chi connectivity index (χ0n) is 18.7. The molecule has 0 atom stereocenters. The van der Waals surface area contributed by atoms with Gasteiger partial charge in [-0.15, -0.1) is 0 Å². The van der Waals surface area contributed by atoms with Crippen molar-refractivity contribution < 1.29 is 9.90 Å². The van der Waals surface area contributed by atoms with Gasteiger partial charge in [0.05, 0.1) is 5.60 Å². The minimum atomic E-state index is -0.880. The second-order valence-corrected chi connectivity index (χ2v) is 9.69. The number of rotatable bonds is 6. The normalized spacial score (nSPS) is 19.6. The van der Waals surface area contributed by atoms with Crippen molar-refractivity contribution in [2.75, 3.05) is 32.7 Å². The van der Waals surface area contributed by atoms with E-state index in [0.717, 1.165) is 38.2 Å². The van der Waals surface area contributed by atoms with Gasteiger partial charge in [0.25, 0.3) is 0 Å². The molecule has 172 valence electrons. The Morgan fingerprint density at radius 3 is 2.31 bits per heavy atom. The average molecular weight is 456 g/mol. The maximum Gasteiger partial charge on any atom is 0.317 e. The van der Waals surface area contributed by atoms with E-state index in [9.17, 15) is 9.90 Å². The summed E-state index contributed by atoms with van der Waals surface area (Å²) in [5.41, 5.74) is 1.37. The number of benzene rings is 2. The molecule has 2 heterocycles. The van der Waals surface area contributed by atoms with E-state index in [1.165, 1.54) is 18.4 Å². The van der Waals surface area contributed by atoms with Crippen LogP contribution in [0.15, 0.2) is 54.6 Å². The third-order valence-corrected chi connectivity index (χ3v) is 7.30. The van der Waals surface area contributed by atoms with Crippen molar-refractivity contribution in [2.45, 2.75) is 44.2 Å². The average Bonchev–Trinajstić information content (AvgIpc) is 2.82. The van der Waals surface area contributed by atoms with Crippen LogP contribution in [0.5, 0.6) is 0 Å². The number of hydrogen-bond acceptors (Lipinski definition) is 3. The molecule has 0 radical (unpaired) electrons. The number of hydrogen-bond donors (Lipinski definition) is 2. The number of nitrogens with one attached hydrogen (secondary N) is 1. The van der Waals surface area contributed by atoms with Crippen LogP contribution in [0.4, 0.5) is 4.79 Å². The van der Waals surface area contributed by atoms with Gasteiger partial charge in [-0.25, -0.2) is 4.79 Å². The first-order chi connectivity index (χ1) is 15.5. The quantitative estimate of drug-likeness (QED) is 0.667. The van der Waals surface area contributed by atoms with Crippen LogP contribution in [0.25, 0.3) is 0 Å². The first-order valence-corrected chi connectivity index (χ1v) is 12.2. The lowest BCUT2D eigenvalue weighted by Crippen LogP contribution is -2.49. The molecule has 2 saturated heterocycles. The van der Waals surface area contributed by atoms with Gasteiger partial charge in [0.2, 0.25) is 0 Å². The highest BCUT2D eigenvalue weighted by molar-refractivity contribution is 6.30. The van der Waals surface area contributed by atoms with Crippen LogP contribution < -0.4 is 5.32 Å². The van der Waals surface area contributed by atoms with Crippen molar-refractivity contribution in [3.05, 3.63) is 70.7 Å². The monoisotopic (exact) mass is 455 g/mol. The Balaban J connectivity index is 1.14. The van der Waals surface area contributed by atoms with Gasteiger partial charge >= 0.3 is 6.03 Å². The summed E-state index contributed by atoms with van der Waals surface area (Å²) in [6.07, 6.45) is 4.51. The summed E-state index contributed by atoms with van der Waals surface area (Å²) in [6, 6.07) is 18.0. The lowest BCUT2D eigenvalue weighted by molar-refractivity contribution is -0.0168. The van der Waals surface area contributed by atoms with E-state index in [1.54, 1.807) is 12.1 Å². The number of amides is 2. The van der Waals surface area contributed by atoms with Crippen LogP contribution >= 0.6 is 11.6 Å². The van der Waals surface area contributed by atoms with Crippen molar-refractivity contribution in [3.8, 4) is 0 Å². The molecule has 2 aromatic rings. The van der Waals surface area contributed by atoms with Gasteiger partial charge in [0, 0.05) is 31.2 Å². The Labute approximate surface area is 196 Å². The lowest BCUT2D eigenvalue weighted by Gasteiger charge is -2.38. The van der Waals surface area contributed by atoms with Crippen LogP contribution in [0.2, 0.25) is 5.02 Å². The molecule has 0 spiro atoms. The van der Waals surface area contributed by atoms with E-state index < -0.39 is 5.60 Å². The highest BCUT2D eigenvalue weighted by Gasteiger charge is 2.35. The first kappa shape index (κ1) is 23.1. The maximum absolute atomic E-state index is 12.6. The number of carbonyl (C=O) groups is 1. The van der Waals surface area contributed by atoms with Crippen LogP contribution in [-0.2, 0) is 12.1 Å². The van der Waals surface area contributed by atoms with E-state index in [-0.39, 0.29) is 6.03 Å². The Morgan fingerprint density at radius 2 is 1.66 bits per heavy atom. The van der Waals surface area contributed by atoms with Gasteiger partial charge in [-0.3, -0.25) is 4.90 Å². The predicted octanol–water partition coefficient (Wildman–Crippen LogP) is 4.64. The molecule has 0 unspecified atom stereocenters. The van der Waals surface area contributed by atoms with Gasteiger partial charge in [0.1, 0.15) is 0 Å². The highest BCUT2D eigenvalue weighted by Crippen LogP contribution is 2.33. The second-order valence-electron chi connectivity index (χ2n) is 9.25. The molecule has 2 aliphatic heterocycles. The van der Waals surface area contributed by atoms with E-state index >= 15 is 0 Å². The van der Waals surface area contributed by atoms with Crippen molar-refractivity contribution in [2.24, 2.45) is 5.92 Å². The fourth-order valence-corrected chi connectivity index (χ4v) is 5.02. The van der Waals surface area contributed by atoms with E-state index in [1.807, 2.05) is 17.0 Å². The van der Waals surface area contributed by atoms with Gasteiger partial charge < -0.3 is 15.3 Å². The molecular weight excluding hydrogens is 422 g/mol. The van der Waals surface area contributed by atoms with Crippen LogP contribution in [-0.4, -0.2) is 53.7 Å². The van der Waals surface area contributed by atoms with E-state index in [4.69, 9.17) is 11.6 Å². The number of urea groups is 1. The maximum atomic E-state index is 12.6. The number of halogens is 1. The van der Waals surface area contributed by atoms with Crippen molar-refractivity contribution in [1.82, 2.24) is 15.1 Å². The fraction of sp³-hybridized carbons (Fsp3) is 0.500. The molecule has 0 aliphatic carbocycles. The number of piperidine rings is 2. The molecule has 2 fully saturated rings. The largest absolute Gasteiger partial charge is 0.385 e. The molecule has 32 heavy (non-hydrogen) atoms. The fourth-order valence-electron chi connectivity index (χ4n) is 4.90. The molecular formula is C26H34ClN3O2. The predicted molar refractivity (Wildman–Crippen MR) is 129 cm³/mol. The van der Waals surface area contributed by atoms with Crippen LogP contribution in [0, 0.1) is 5.92 Å². The Hall–Kier alpha value is -2.08.